The van der Waals surface area contributed by atoms with E-state index in [2.05, 4.69) is 15.3 Å². The highest BCUT2D eigenvalue weighted by atomic mass is 16.2. The molecule has 1 saturated carbocycles. The first-order valence-electron chi connectivity index (χ1n) is 9.50. The van der Waals surface area contributed by atoms with Crippen LogP contribution < -0.4 is 5.32 Å². The van der Waals surface area contributed by atoms with Gasteiger partial charge in [0.2, 0.25) is 11.8 Å². The molecule has 2 aliphatic rings. The molecule has 140 valence electrons. The zero-order valence-corrected chi connectivity index (χ0v) is 15.3. The van der Waals surface area contributed by atoms with Crippen molar-refractivity contribution in [1.82, 2.24) is 20.2 Å². The van der Waals surface area contributed by atoms with Crippen molar-refractivity contribution in [3.8, 4) is 0 Å². The third-order valence-corrected chi connectivity index (χ3v) is 5.96. The van der Waals surface area contributed by atoms with Crippen LogP contribution in [0.25, 0.3) is 0 Å². The normalized spacial score (nSPS) is 20.3. The zero-order chi connectivity index (χ0) is 18.7. The van der Waals surface area contributed by atoms with Crippen LogP contribution in [0.5, 0.6) is 0 Å². The van der Waals surface area contributed by atoms with E-state index >= 15 is 0 Å². The molecule has 1 spiro atoms. The second-order valence-corrected chi connectivity index (χ2v) is 7.65. The minimum absolute atomic E-state index is 0.0348. The van der Waals surface area contributed by atoms with E-state index in [0.717, 1.165) is 30.4 Å². The summed E-state index contributed by atoms with van der Waals surface area (Å²) in [6.07, 6.45) is 10.4. The Kier molecular flexibility index (Phi) is 4.88. The van der Waals surface area contributed by atoms with E-state index in [4.69, 9.17) is 0 Å². The lowest BCUT2D eigenvalue weighted by Gasteiger charge is -2.41. The molecular formula is C21H24N4O2. The van der Waals surface area contributed by atoms with Gasteiger partial charge < -0.3 is 10.2 Å². The van der Waals surface area contributed by atoms with Gasteiger partial charge in [-0.1, -0.05) is 12.5 Å². The molecule has 2 aromatic rings. The molecule has 27 heavy (non-hydrogen) atoms. The lowest BCUT2D eigenvalue weighted by molar-refractivity contribution is -0.130. The average Bonchev–Trinajstić information content (AvgIpc) is 3.09. The number of aromatic nitrogens is 2. The molecule has 6 nitrogen and oxygen atoms in total. The number of rotatable bonds is 5. The van der Waals surface area contributed by atoms with Crippen molar-refractivity contribution in [3.63, 3.8) is 0 Å². The molecule has 2 amide bonds. The maximum Gasteiger partial charge on any atom is 0.227 e. The van der Waals surface area contributed by atoms with Crippen LogP contribution in [0, 0.1) is 11.3 Å². The fourth-order valence-electron chi connectivity index (χ4n) is 4.26. The average molecular weight is 364 g/mol. The van der Waals surface area contributed by atoms with Crippen molar-refractivity contribution in [1.29, 1.82) is 0 Å². The number of hydrogen-bond acceptors (Lipinski definition) is 4. The number of carbonyl (C=O) groups is 2. The van der Waals surface area contributed by atoms with Gasteiger partial charge in [0.1, 0.15) is 0 Å². The lowest BCUT2D eigenvalue weighted by Crippen LogP contribution is -2.45. The lowest BCUT2D eigenvalue weighted by atomic mass is 9.62. The van der Waals surface area contributed by atoms with Crippen LogP contribution in [-0.4, -0.2) is 39.8 Å². The summed E-state index contributed by atoms with van der Waals surface area (Å²) >= 11 is 0. The van der Waals surface area contributed by atoms with Crippen LogP contribution in [-0.2, 0) is 22.6 Å². The van der Waals surface area contributed by atoms with Gasteiger partial charge in [-0.2, -0.15) is 0 Å². The largest absolute Gasteiger partial charge is 0.352 e. The van der Waals surface area contributed by atoms with Crippen molar-refractivity contribution >= 4 is 11.8 Å². The van der Waals surface area contributed by atoms with Crippen molar-refractivity contribution in [2.45, 2.75) is 32.2 Å². The van der Waals surface area contributed by atoms with Crippen LogP contribution in [0.15, 0.2) is 49.1 Å². The number of pyridine rings is 2. The molecule has 2 aromatic heterocycles. The van der Waals surface area contributed by atoms with E-state index in [-0.39, 0.29) is 23.1 Å². The van der Waals surface area contributed by atoms with Crippen LogP contribution in [0.2, 0.25) is 0 Å². The molecule has 6 heteroatoms. The second-order valence-electron chi connectivity index (χ2n) is 7.65. The molecule has 1 aliphatic carbocycles. The summed E-state index contributed by atoms with van der Waals surface area (Å²) in [6.45, 7) is 1.71. The van der Waals surface area contributed by atoms with Gasteiger partial charge in [0.25, 0.3) is 0 Å². The van der Waals surface area contributed by atoms with Gasteiger partial charge >= 0.3 is 0 Å². The molecule has 4 rings (SSSR count). The molecule has 0 radical (unpaired) electrons. The maximum absolute atomic E-state index is 12.9. The Morgan fingerprint density at radius 3 is 2.59 bits per heavy atom. The molecule has 1 saturated heterocycles. The summed E-state index contributed by atoms with van der Waals surface area (Å²) in [5.41, 5.74) is 1.91. The molecular weight excluding hydrogens is 340 g/mol. The van der Waals surface area contributed by atoms with E-state index in [1.165, 1.54) is 0 Å². The minimum Gasteiger partial charge on any atom is -0.352 e. The molecule has 2 fully saturated rings. The predicted molar refractivity (Wildman–Crippen MR) is 100 cm³/mol. The Morgan fingerprint density at radius 1 is 1.11 bits per heavy atom. The van der Waals surface area contributed by atoms with Gasteiger partial charge in [0.15, 0.2) is 0 Å². The first-order valence-corrected chi connectivity index (χ1v) is 9.50. The van der Waals surface area contributed by atoms with Gasteiger partial charge in [-0.05, 0) is 42.2 Å². The Bertz CT molecular complexity index is 805. The topological polar surface area (TPSA) is 75.2 Å². The highest BCUT2D eigenvalue weighted by molar-refractivity contribution is 5.84. The van der Waals surface area contributed by atoms with Crippen molar-refractivity contribution in [2.24, 2.45) is 11.3 Å². The first kappa shape index (κ1) is 17.6. The zero-order valence-electron chi connectivity index (χ0n) is 15.3. The molecule has 1 unspecified atom stereocenters. The van der Waals surface area contributed by atoms with E-state index < -0.39 is 0 Å². The third-order valence-electron chi connectivity index (χ3n) is 5.96. The Labute approximate surface area is 159 Å². The molecule has 3 heterocycles. The van der Waals surface area contributed by atoms with Crippen LogP contribution >= 0.6 is 0 Å². The first-order chi connectivity index (χ1) is 13.2. The summed E-state index contributed by atoms with van der Waals surface area (Å²) < 4.78 is 0. The minimum atomic E-state index is -0.120. The van der Waals surface area contributed by atoms with Crippen LogP contribution in [0.3, 0.4) is 0 Å². The Balaban J connectivity index is 1.40. The maximum atomic E-state index is 12.9. The third kappa shape index (κ3) is 3.70. The van der Waals surface area contributed by atoms with Gasteiger partial charge in [0.05, 0.1) is 12.3 Å². The highest BCUT2D eigenvalue weighted by Gasteiger charge is 2.54. The van der Waals surface area contributed by atoms with Crippen molar-refractivity contribution < 1.29 is 9.59 Å². The monoisotopic (exact) mass is 364 g/mol. The fraction of sp³-hybridized carbons (Fsp3) is 0.429. The Hall–Kier alpha value is -2.76. The van der Waals surface area contributed by atoms with Crippen molar-refractivity contribution in [3.05, 3.63) is 60.2 Å². The number of hydrogen-bond donors (Lipinski definition) is 1. The van der Waals surface area contributed by atoms with E-state index in [1.54, 1.807) is 24.8 Å². The van der Waals surface area contributed by atoms with Crippen LogP contribution in [0.1, 0.15) is 30.4 Å². The number of likely N-dealkylation sites (tertiary alicyclic amines) is 1. The number of nitrogens with one attached hydrogen (secondary N) is 1. The summed E-state index contributed by atoms with van der Waals surface area (Å²) in [6, 6.07) is 7.56. The van der Waals surface area contributed by atoms with Gasteiger partial charge in [-0.3, -0.25) is 19.6 Å². The summed E-state index contributed by atoms with van der Waals surface area (Å²) in [7, 11) is 0. The number of carbonyl (C=O) groups excluding carboxylic acids is 2. The summed E-state index contributed by atoms with van der Waals surface area (Å²) in [5.74, 6) is 0.0211. The fourth-order valence-corrected chi connectivity index (χ4v) is 4.26. The molecule has 0 bridgehead atoms. The van der Waals surface area contributed by atoms with Crippen LogP contribution in [0.4, 0.5) is 0 Å². The van der Waals surface area contributed by atoms with Gasteiger partial charge in [-0.25, -0.2) is 0 Å². The number of amides is 2. The standard InChI is InChI=1S/C21H24N4O2/c26-19(11-17-3-1-8-23-12-17)25-14-18(21(15-25)6-2-7-21)20(27)24-13-16-4-9-22-10-5-16/h1,3-5,8-10,12,18H,2,6-7,11,13-15H2,(H,24,27). The van der Waals surface area contributed by atoms with Gasteiger partial charge in [0, 0.05) is 49.8 Å². The SMILES string of the molecule is O=C(NCc1ccncc1)C1CN(C(=O)Cc2cccnc2)CC12CCC2. The summed E-state index contributed by atoms with van der Waals surface area (Å²) in [5, 5.41) is 3.06. The van der Waals surface area contributed by atoms with E-state index in [0.29, 0.717) is 26.1 Å². The Morgan fingerprint density at radius 2 is 1.93 bits per heavy atom. The number of nitrogens with zero attached hydrogens (tertiary/aromatic N) is 3. The molecule has 0 aromatic carbocycles. The molecule has 1 N–H and O–H groups in total. The smallest absolute Gasteiger partial charge is 0.227 e. The van der Waals surface area contributed by atoms with E-state index in [1.807, 2.05) is 29.2 Å². The molecule has 1 aliphatic heterocycles. The quantitative estimate of drug-likeness (QED) is 0.880. The molecule has 1 atom stereocenters. The predicted octanol–water partition coefficient (Wildman–Crippen LogP) is 1.96. The summed E-state index contributed by atoms with van der Waals surface area (Å²) in [4.78, 5) is 35.6. The van der Waals surface area contributed by atoms with Crippen molar-refractivity contribution in [2.75, 3.05) is 13.1 Å². The van der Waals surface area contributed by atoms with E-state index in [9.17, 15) is 9.59 Å². The second kappa shape index (κ2) is 7.47. The van der Waals surface area contributed by atoms with Gasteiger partial charge in [-0.15, -0.1) is 0 Å². The highest BCUT2D eigenvalue weighted by Crippen LogP contribution is 2.51.